The lowest BCUT2D eigenvalue weighted by Crippen LogP contribution is -3.18. The number of hydrogen-bond acceptors (Lipinski definition) is 2. The van der Waals surface area contributed by atoms with Crippen LogP contribution in [0, 0.1) is 5.92 Å². The molecule has 4 nitrogen and oxygen atoms in total. The third-order valence-electron chi connectivity index (χ3n) is 7.60. The van der Waals surface area contributed by atoms with Crippen LogP contribution in [-0.4, -0.2) is 36.9 Å². The van der Waals surface area contributed by atoms with Crippen LogP contribution in [0.2, 0.25) is 0 Å². The van der Waals surface area contributed by atoms with E-state index in [1.54, 1.807) is 4.90 Å². The molecule has 2 saturated heterocycles. The molecule has 4 heteroatoms. The quantitative estimate of drug-likeness (QED) is 0.717. The molecule has 30 heavy (non-hydrogen) atoms. The third-order valence-corrected chi connectivity index (χ3v) is 7.60. The van der Waals surface area contributed by atoms with Gasteiger partial charge in [0.1, 0.15) is 0 Å². The normalized spacial score (nSPS) is 26.5. The van der Waals surface area contributed by atoms with E-state index < -0.39 is 0 Å². The molecule has 4 heterocycles. The molecule has 154 valence electrons. The number of nitrogens with one attached hydrogen (secondary N) is 1. The van der Waals surface area contributed by atoms with Gasteiger partial charge in [0.25, 0.3) is 5.56 Å². The SMILES string of the molecule is O=c1c(-c2ccc3ccccc3c2)ccc2n1C[C@H]1C[C@@H]2C[NH+](C2CCOCC2)C1. The van der Waals surface area contributed by atoms with Gasteiger partial charge in [-0.25, -0.2) is 0 Å². The maximum atomic E-state index is 13.5. The maximum absolute atomic E-state index is 13.5. The first-order chi connectivity index (χ1) is 14.8. The number of aromatic nitrogens is 1. The topological polar surface area (TPSA) is 35.7 Å². The summed E-state index contributed by atoms with van der Waals surface area (Å²) in [4.78, 5) is 15.3. The largest absolute Gasteiger partial charge is 0.381 e. The summed E-state index contributed by atoms with van der Waals surface area (Å²) in [7, 11) is 0. The van der Waals surface area contributed by atoms with E-state index in [0.717, 1.165) is 43.5 Å². The van der Waals surface area contributed by atoms with Crippen LogP contribution in [0.5, 0.6) is 0 Å². The number of quaternary nitrogens is 1. The van der Waals surface area contributed by atoms with Crippen LogP contribution < -0.4 is 10.5 Å². The zero-order valence-corrected chi connectivity index (χ0v) is 17.3. The Labute approximate surface area is 177 Å². The summed E-state index contributed by atoms with van der Waals surface area (Å²) in [6.07, 6.45) is 3.60. The smallest absolute Gasteiger partial charge is 0.258 e. The average molecular weight is 402 g/mol. The van der Waals surface area contributed by atoms with E-state index in [4.69, 9.17) is 4.74 Å². The van der Waals surface area contributed by atoms with Crippen molar-refractivity contribution < 1.29 is 9.64 Å². The van der Waals surface area contributed by atoms with Crippen molar-refractivity contribution in [1.29, 1.82) is 0 Å². The summed E-state index contributed by atoms with van der Waals surface area (Å²) < 4.78 is 7.68. The van der Waals surface area contributed by atoms with E-state index in [0.29, 0.717) is 11.8 Å². The maximum Gasteiger partial charge on any atom is 0.258 e. The van der Waals surface area contributed by atoms with Gasteiger partial charge in [0.15, 0.2) is 0 Å². The number of hydrogen-bond donors (Lipinski definition) is 1. The summed E-state index contributed by atoms with van der Waals surface area (Å²) in [6.45, 7) is 5.06. The van der Waals surface area contributed by atoms with Gasteiger partial charge in [-0.2, -0.15) is 0 Å². The van der Waals surface area contributed by atoms with Crippen molar-refractivity contribution in [2.24, 2.45) is 5.92 Å². The second kappa shape index (κ2) is 7.36. The zero-order chi connectivity index (χ0) is 20.1. The molecule has 1 aromatic heterocycles. The molecule has 2 bridgehead atoms. The second-order valence-electron chi connectivity index (χ2n) is 9.40. The molecule has 0 amide bonds. The molecule has 0 saturated carbocycles. The van der Waals surface area contributed by atoms with Crippen molar-refractivity contribution in [3.05, 3.63) is 70.6 Å². The number of fused-ring (bicyclic) bond motifs is 5. The molecule has 3 atom stereocenters. The first-order valence-corrected chi connectivity index (χ1v) is 11.4. The third kappa shape index (κ3) is 3.10. The van der Waals surface area contributed by atoms with E-state index in [1.807, 2.05) is 0 Å². The van der Waals surface area contributed by atoms with Gasteiger partial charge in [0.05, 0.1) is 32.3 Å². The van der Waals surface area contributed by atoms with Gasteiger partial charge < -0.3 is 14.2 Å². The van der Waals surface area contributed by atoms with E-state index in [2.05, 4.69) is 59.2 Å². The van der Waals surface area contributed by atoms with Gasteiger partial charge in [-0.15, -0.1) is 0 Å². The number of ether oxygens (including phenoxy) is 1. The Hall–Kier alpha value is -2.43. The number of benzene rings is 2. The van der Waals surface area contributed by atoms with E-state index >= 15 is 0 Å². The highest BCUT2D eigenvalue weighted by Gasteiger charge is 2.40. The first kappa shape index (κ1) is 18.3. The molecule has 0 aliphatic carbocycles. The Kier molecular flexibility index (Phi) is 4.50. The molecule has 3 aromatic rings. The predicted molar refractivity (Wildman–Crippen MR) is 119 cm³/mol. The highest BCUT2D eigenvalue weighted by Crippen LogP contribution is 2.32. The highest BCUT2D eigenvalue weighted by molar-refractivity contribution is 5.87. The van der Waals surface area contributed by atoms with Crippen LogP contribution in [0.1, 0.15) is 30.9 Å². The lowest BCUT2D eigenvalue weighted by molar-refractivity contribution is -0.937. The number of pyridine rings is 1. The number of nitrogens with zero attached hydrogens (tertiary/aromatic N) is 1. The number of rotatable bonds is 2. The molecular weight excluding hydrogens is 372 g/mol. The van der Waals surface area contributed by atoms with E-state index in [-0.39, 0.29) is 5.56 Å². The molecule has 2 aromatic carbocycles. The van der Waals surface area contributed by atoms with Gasteiger partial charge in [-0.1, -0.05) is 36.4 Å². The van der Waals surface area contributed by atoms with Crippen LogP contribution >= 0.6 is 0 Å². The molecule has 0 radical (unpaired) electrons. The van der Waals surface area contributed by atoms with Crippen LogP contribution in [0.15, 0.2) is 59.4 Å². The lowest BCUT2D eigenvalue weighted by Gasteiger charge is -2.44. The minimum absolute atomic E-state index is 0.187. The zero-order valence-electron chi connectivity index (χ0n) is 17.3. The Balaban J connectivity index is 1.34. The molecule has 3 aliphatic heterocycles. The molecule has 1 N–H and O–H groups in total. The van der Waals surface area contributed by atoms with Crippen LogP contribution in [0.4, 0.5) is 0 Å². The van der Waals surface area contributed by atoms with Gasteiger partial charge in [-0.3, -0.25) is 4.79 Å². The summed E-state index contributed by atoms with van der Waals surface area (Å²) in [5, 5.41) is 2.40. The van der Waals surface area contributed by atoms with E-state index in [9.17, 15) is 4.79 Å². The van der Waals surface area contributed by atoms with Crippen molar-refractivity contribution in [1.82, 2.24) is 4.57 Å². The van der Waals surface area contributed by atoms with Crippen molar-refractivity contribution in [2.75, 3.05) is 26.3 Å². The molecule has 1 unspecified atom stereocenters. The van der Waals surface area contributed by atoms with Gasteiger partial charge >= 0.3 is 0 Å². The fourth-order valence-corrected chi connectivity index (χ4v) is 6.12. The lowest BCUT2D eigenvalue weighted by atomic mass is 9.81. The van der Waals surface area contributed by atoms with Gasteiger partial charge in [0, 0.05) is 42.5 Å². The highest BCUT2D eigenvalue weighted by atomic mass is 16.5. The van der Waals surface area contributed by atoms with Gasteiger partial charge in [0.2, 0.25) is 0 Å². The Morgan fingerprint density at radius 2 is 1.77 bits per heavy atom. The first-order valence-electron chi connectivity index (χ1n) is 11.4. The monoisotopic (exact) mass is 401 g/mol. The summed E-state index contributed by atoms with van der Waals surface area (Å²) in [5.41, 5.74) is 3.30. The molecule has 6 rings (SSSR count). The standard InChI is InChI=1S/C26H28N2O2/c29-26-24(21-6-5-19-3-1-2-4-20(19)14-21)7-8-25-22-13-18(16-28(25)26)15-27(17-22)23-9-11-30-12-10-23/h1-8,14,18,22-23H,9-13,15-17H2/p+1/t18-,22+/m0/s1. The summed E-state index contributed by atoms with van der Waals surface area (Å²) >= 11 is 0. The van der Waals surface area contributed by atoms with Crippen LogP contribution in [0.3, 0.4) is 0 Å². The van der Waals surface area contributed by atoms with Gasteiger partial charge in [-0.05, 0) is 41.0 Å². The average Bonchev–Trinajstić information content (AvgIpc) is 2.80. The predicted octanol–water partition coefficient (Wildman–Crippen LogP) is 2.85. The Morgan fingerprint density at radius 3 is 2.63 bits per heavy atom. The summed E-state index contributed by atoms with van der Waals surface area (Å²) in [5.74, 6) is 1.12. The fourth-order valence-electron chi connectivity index (χ4n) is 6.12. The minimum Gasteiger partial charge on any atom is -0.381 e. The molecule has 3 aliphatic rings. The number of piperidine rings is 1. The minimum atomic E-state index is 0.187. The van der Waals surface area contributed by atoms with Crippen molar-refractivity contribution >= 4 is 10.8 Å². The molecular formula is C26H29N2O2+. The molecule has 0 spiro atoms. The second-order valence-corrected chi connectivity index (χ2v) is 9.40. The van der Waals surface area contributed by atoms with Crippen molar-refractivity contribution in [3.8, 4) is 11.1 Å². The summed E-state index contributed by atoms with van der Waals surface area (Å²) in [6, 6.07) is 19.8. The Bertz CT molecular complexity index is 1150. The Morgan fingerprint density at radius 1 is 0.933 bits per heavy atom. The fraction of sp³-hybridized carbons (Fsp3) is 0.423. The van der Waals surface area contributed by atoms with Crippen molar-refractivity contribution in [3.63, 3.8) is 0 Å². The molecule has 2 fully saturated rings. The van der Waals surface area contributed by atoms with Crippen molar-refractivity contribution in [2.45, 2.75) is 37.8 Å². The van der Waals surface area contributed by atoms with E-state index in [1.165, 1.54) is 42.3 Å². The number of likely N-dealkylation sites (tertiary alicyclic amines) is 1. The van der Waals surface area contributed by atoms with Crippen LogP contribution in [0.25, 0.3) is 21.9 Å². The van der Waals surface area contributed by atoms with Crippen LogP contribution in [-0.2, 0) is 11.3 Å².